The first-order valence-corrected chi connectivity index (χ1v) is 10.6. The molecule has 0 heterocycles. The Kier molecular flexibility index (Phi) is 6.38. The fourth-order valence-electron chi connectivity index (χ4n) is 3.91. The van der Waals surface area contributed by atoms with Crippen molar-refractivity contribution in [1.82, 2.24) is 5.32 Å². The highest BCUT2D eigenvalue weighted by molar-refractivity contribution is 6.32. The van der Waals surface area contributed by atoms with Crippen LogP contribution >= 0.6 is 11.6 Å². The zero-order valence-corrected chi connectivity index (χ0v) is 18.0. The molecule has 0 bridgehead atoms. The maximum atomic E-state index is 13.7. The maximum Gasteiger partial charge on any atom is 0.407 e. The summed E-state index contributed by atoms with van der Waals surface area (Å²) < 4.78 is 19.2. The van der Waals surface area contributed by atoms with Crippen molar-refractivity contribution in [3.63, 3.8) is 0 Å². The summed E-state index contributed by atoms with van der Waals surface area (Å²) in [5.41, 5.74) is 5.89. The molecule has 3 aromatic carbocycles. The number of hydrogen-bond acceptors (Lipinski definition) is 2. The summed E-state index contributed by atoms with van der Waals surface area (Å²) in [4.78, 5) is 12.2. The lowest BCUT2D eigenvalue weighted by Crippen LogP contribution is -2.26. The number of hydrogen-bond donors (Lipinski definition) is 1. The lowest BCUT2D eigenvalue weighted by molar-refractivity contribution is 0.143. The van der Waals surface area contributed by atoms with Gasteiger partial charge in [0.25, 0.3) is 0 Å². The van der Waals surface area contributed by atoms with Crippen LogP contribution in [0, 0.1) is 12.7 Å². The lowest BCUT2D eigenvalue weighted by atomic mass is 9.98. The minimum Gasteiger partial charge on any atom is -0.449 e. The molecule has 1 aliphatic carbocycles. The first-order valence-electron chi connectivity index (χ1n) is 10.3. The summed E-state index contributed by atoms with van der Waals surface area (Å²) in [5, 5.41) is 3.26. The second kappa shape index (κ2) is 9.36. The van der Waals surface area contributed by atoms with E-state index in [1.807, 2.05) is 30.3 Å². The van der Waals surface area contributed by atoms with Crippen LogP contribution in [0.2, 0.25) is 5.02 Å². The van der Waals surface area contributed by atoms with Crippen LogP contribution < -0.4 is 5.32 Å². The van der Waals surface area contributed by atoms with Gasteiger partial charge in [-0.3, -0.25) is 0 Å². The third-order valence-electron chi connectivity index (χ3n) is 5.50. The van der Waals surface area contributed by atoms with E-state index in [0.29, 0.717) is 29.1 Å². The summed E-state index contributed by atoms with van der Waals surface area (Å²) in [5.74, 6) is -0.252. The van der Waals surface area contributed by atoms with Crippen LogP contribution in [0.4, 0.5) is 9.18 Å². The van der Waals surface area contributed by atoms with Gasteiger partial charge in [-0.2, -0.15) is 0 Å². The first kappa shape index (κ1) is 21.1. The molecule has 1 aliphatic rings. The second-order valence-electron chi connectivity index (χ2n) is 7.57. The molecular formula is C26H23ClFNO2. The van der Waals surface area contributed by atoms with Crippen molar-refractivity contribution in [2.24, 2.45) is 0 Å². The first-order chi connectivity index (χ1) is 15.0. The Hall–Kier alpha value is -3.11. The van der Waals surface area contributed by atoms with E-state index in [1.165, 1.54) is 28.3 Å². The molecule has 0 fully saturated rings. The van der Waals surface area contributed by atoms with Gasteiger partial charge < -0.3 is 10.1 Å². The van der Waals surface area contributed by atoms with Crippen molar-refractivity contribution in [1.29, 1.82) is 0 Å². The number of rotatable bonds is 6. The number of carbonyl (C=O) groups excluding carboxylic acids is 1. The largest absolute Gasteiger partial charge is 0.449 e. The van der Waals surface area contributed by atoms with Crippen molar-refractivity contribution >= 4 is 23.8 Å². The van der Waals surface area contributed by atoms with Crippen LogP contribution in [0.1, 0.15) is 34.6 Å². The zero-order valence-electron chi connectivity index (χ0n) is 17.2. The minimum absolute atomic E-state index is 0.0385. The van der Waals surface area contributed by atoms with Gasteiger partial charge in [0.1, 0.15) is 12.4 Å². The van der Waals surface area contributed by atoms with E-state index in [0.717, 1.165) is 0 Å². The molecule has 0 radical (unpaired) electrons. The van der Waals surface area contributed by atoms with E-state index in [1.54, 1.807) is 19.1 Å². The van der Waals surface area contributed by atoms with Crippen LogP contribution in [0.25, 0.3) is 17.2 Å². The quantitative estimate of drug-likeness (QED) is 0.436. The van der Waals surface area contributed by atoms with Crippen LogP contribution in [0.5, 0.6) is 0 Å². The highest BCUT2D eigenvalue weighted by Gasteiger charge is 2.28. The number of fused-ring (bicyclic) bond motifs is 3. The van der Waals surface area contributed by atoms with Gasteiger partial charge in [0, 0.05) is 17.5 Å². The summed E-state index contributed by atoms with van der Waals surface area (Å²) in [6.07, 6.45) is 3.73. The zero-order chi connectivity index (χ0) is 21.8. The van der Waals surface area contributed by atoms with E-state index in [-0.39, 0.29) is 18.3 Å². The predicted octanol–water partition coefficient (Wildman–Crippen LogP) is 6.73. The van der Waals surface area contributed by atoms with Crippen LogP contribution in [0.15, 0.2) is 66.7 Å². The van der Waals surface area contributed by atoms with Crippen LogP contribution in [-0.4, -0.2) is 19.2 Å². The van der Waals surface area contributed by atoms with Crippen molar-refractivity contribution < 1.29 is 13.9 Å². The molecule has 0 saturated heterocycles. The van der Waals surface area contributed by atoms with Crippen molar-refractivity contribution in [3.05, 3.63) is 99.8 Å². The number of aryl methyl sites for hydroxylation is 1. The number of carbonyl (C=O) groups is 1. The summed E-state index contributed by atoms with van der Waals surface area (Å²) in [6, 6.07) is 19.5. The number of nitrogens with one attached hydrogen (secondary N) is 1. The Morgan fingerprint density at radius 3 is 2.42 bits per heavy atom. The Labute approximate surface area is 186 Å². The third-order valence-corrected chi connectivity index (χ3v) is 5.83. The molecule has 0 aromatic heterocycles. The van der Waals surface area contributed by atoms with Gasteiger partial charge in [-0.15, -0.1) is 0 Å². The fourth-order valence-corrected chi connectivity index (χ4v) is 4.19. The fraction of sp³-hybridized carbons (Fsp3) is 0.192. The highest BCUT2D eigenvalue weighted by atomic mass is 35.5. The second-order valence-corrected chi connectivity index (χ2v) is 7.97. The number of halogens is 2. The van der Waals surface area contributed by atoms with Crippen molar-refractivity contribution in [3.8, 4) is 11.1 Å². The molecule has 0 spiro atoms. The van der Waals surface area contributed by atoms with Crippen LogP contribution in [0.3, 0.4) is 0 Å². The molecule has 3 aromatic rings. The van der Waals surface area contributed by atoms with Crippen LogP contribution in [-0.2, 0) is 4.74 Å². The van der Waals surface area contributed by atoms with Gasteiger partial charge >= 0.3 is 6.09 Å². The Morgan fingerprint density at radius 2 is 1.74 bits per heavy atom. The molecule has 1 amide bonds. The molecule has 1 N–H and O–H groups in total. The standard InChI is InChI=1S/C26H23ClFNO2/c1-17-14-24(27)18(15-25(17)28)8-6-7-13-29-26(30)31-16-23-21-11-4-2-9-19(21)20-10-3-5-12-22(20)23/h2-6,8-12,14-15,23H,7,13,16H2,1H3,(H,29,30). The summed E-state index contributed by atoms with van der Waals surface area (Å²) >= 11 is 6.13. The minimum atomic E-state index is -0.449. The summed E-state index contributed by atoms with van der Waals surface area (Å²) in [6.45, 7) is 2.38. The predicted molar refractivity (Wildman–Crippen MR) is 123 cm³/mol. The molecule has 0 saturated carbocycles. The van der Waals surface area contributed by atoms with E-state index >= 15 is 0 Å². The van der Waals surface area contributed by atoms with Crippen molar-refractivity contribution in [2.45, 2.75) is 19.3 Å². The molecule has 158 valence electrons. The van der Waals surface area contributed by atoms with Gasteiger partial charge in [-0.25, -0.2) is 9.18 Å². The molecular weight excluding hydrogens is 413 g/mol. The average Bonchev–Trinajstić information content (AvgIpc) is 3.09. The van der Waals surface area contributed by atoms with Gasteiger partial charge in [0.05, 0.1) is 0 Å². The number of ether oxygens (including phenoxy) is 1. The SMILES string of the molecule is Cc1cc(Cl)c(C=CCCNC(=O)OCC2c3ccccc3-c3ccccc32)cc1F. The smallest absolute Gasteiger partial charge is 0.407 e. The number of amides is 1. The average molecular weight is 436 g/mol. The number of alkyl carbamates (subject to hydrolysis) is 1. The van der Waals surface area contributed by atoms with Gasteiger partial charge in [0.2, 0.25) is 0 Å². The van der Waals surface area contributed by atoms with Gasteiger partial charge in [0.15, 0.2) is 0 Å². The molecule has 31 heavy (non-hydrogen) atoms. The van der Waals surface area contributed by atoms with Crippen molar-refractivity contribution in [2.75, 3.05) is 13.2 Å². The third kappa shape index (κ3) is 4.64. The van der Waals surface area contributed by atoms with E-state index in [2.05, 4.69) is 29.6 Å². The number of benzene rings is 3. The molecule has 3 nitrogen and oxygen atoms in total. The Morgan fingerprint density at radius 1 is 1.10 bits per heavy atom. The molecule has 0 aliphatic heterocycles. The summed E-state index contributed by atoms with van der Waals surface area (Å²) in [7, 11) is 0. The highest BCUT2D eigenvalue weighted by Crippen LogP contribution is 2.44. The normalized spacial score (nSPS) is 12.6. The molecule has 0 atom stereocenters. The molecule has 0 unspecified atom stereocenters. The van der Waals surface area contributed by atoms with Gasteiger partial charge in [-0.05, 0) is 58.9 Å². The molecule has 5 heteroatoms. The molecule has 4 rings (SSSR count). The van der Waals surface area contributed by atoms with Gasteiger partial charge in [-0.1, -0.05) is 72.3 Å². The Balaban J connectivity index is 1.28. The maximum absolute atomic E-state index is 13.7. The monoisotopic (exact) mass is 435 g/mol. The topological polar surface area (TPSA) is 38.3 Å². The lowest BCUT2D eigenvalue weighted by Gasteiger charge is -2.14. The van der Waals surface area contributed by atoms with E-state index in [4.69, 9.17) is 16.3 Å². The Bertz CT molecular complexity index is 1100. The van der Waals surface area contributed by atoms with E-state index in [9.17, 15) is 9.18 Å². The van der Waals surface area contributed by atoms with E-state index < -0.39 is 6.09 Å².